The van der Waals surface area contributed by atoms with E-state index in [1.165, 1.54) is 0 Å². The number of carbonyl (C=O) groups excluding carboxylic acids is 1. The number of benzene rings is 1. The highest BCUT2D eigenvalue weighted by atomic mass is 16.5. The summed E-state index contributed by atoms with van der Waals surface area (Å²) < 4.78 is 12.7. The van der Waals surface area contributed by atoms with Crippen molar-refractivity contribution in [2.24, 2.45) is 0 Å². The number of ether oxygens (including phenoxy) is 2. The predicted octanol–water partition coefficient (Wildman–Crippen LogP) is 3.37. The Morgan fingerprint density at radius 2 is 2.14 bits per heavy atom. The van der Waals surface area contributed by atoms with Gasteiger partial charge in [-0.25, -0.2) is 9.50 Å². The van der Waals surface area contributed by atoms with Crippen LogP contribution in [-0.4, -0.2) is 45.8 Å². The third-order valence-corrected chi connectivity index (χ3v) is 5.42. The van der Waals surface area contributed by atoms with Crippen molar-refractivity contribution in [3.8, 4) is 5.75 Å². The average molecular weight is 391 g/mol. The van der Waals surface area contributed by atoms with E-state index in [-0.39, 0.29) is 5.91 Å². The van der Waals surface area contributed by atoms with Gasteiger partial charge in [0, 0.05) is 19.4 Å². The number of carbonyl (C=O) groups is 1. The lowest BCUT2D eigenvalue weighted by Crippen LogP contribution is -2.14. The molecular weight excluding hydrogens is 370 g/mol. The van der Waals surface area contributed by atoms with Gasteiger partial charge in [0.05, 0.1) is 29.9 Å². The lowest BCUT2D eigenvalue weighted by molar-refractivity contribution is 0.0856. The van der Waals surface area contributed by atoms with Crippen LogP contribution in [0.3, 0.4) is 0 Å². The molecule has 1 aliphatic heterocycles. The summed E-state index contributed by atoms with van der Waals surface area (Å²) in [5.41, 5.74) is 3.99. The van der Waals surface area contributed by atoms with E-state index in [4.69, 9.17) is 14.5 Å². The highest BCUT2D eigenvalue weighted by Crippen LogP contribution is 2.36. The number of imidazole rings is 1. The second kappa shape index (κ2) is 7.21. The van der Waals surface area contributed by atoms with Crippen LogP contribution in [0.25, 0.3) is 16.6 Å². The molecule has 148 valence electrons. The van der Waals surface area contributed by atoms with Crippen molar-refractivity contribution in [1.29, 1.82) is 0 Å². The topological polar surface area (TPSA) is 93.5 Å². The van der Waals surface area contributed by atoms with Crippen LogP contribution in [-0.2, 0) is 4.74 Å². The summed E-state index contributed by atoms with van der Waals surface area (Å²) >= 11 is 0. The summed E-state index contributed by atoms with van der Waals surface area (Å²) in [6.07, 6.45) is 5.27. The first-order valence-corrected chi connectivity index (χ1v) is 9.62. The molecule has 8 nitrogen and oxygen atoms in total. The first kappa shape index (κ1) is 17.7. The van der Waals surface area contributed by atoms with Crippen LogP contribution < -0.4 is 10.1 Å². The zero-order valence-electron chi connectivity index (χ0n) is 16.0. The van der Waals surface area contributed by atoms with Crippen LogP contribution in [0.1, 0.15) is 34.7 Å². The van der Waals surface area contributed by atoms with Crippen molar-refractivity contribution < 1.29 is 14.3 Å². The van der Waals surface area contributed by atoms with Crippen molar-refractivity contribution in [2.75, 3.05) is 25.6 Å². The first-order valence-electron chi connectivity index (χ1n) is 9.62. The van der Waals surface area contributed by atoms with Gasteiger partial charge in [-0.05, 0) is 42.5 Å². The molecule has 0 spiro atoms. The molecule has 1 saturated heterocycles. The average Bonchev–Trinajstić information content (AvgIpc) is 3.38. The lowest BCUT2D eigenvalue weighted by Gasteiger charge is -2.22. The minimum absolute atomic E-state index is 0.267. The number of aromatic nitrogens is 4. The Balaban J connectivity index is 1.51. The van der Waals surface area contributed by atoms with E-state index < -0.39 is 0 Å². The van der Waals surface area contributed by atoms with Crippen LogP contribution in [0.15, 0.2) is 42.7 Å². The fourth-order valence-electron chi connectivity index (χ4n) is 3.94. The fourth-order valence-corrected chi connectivity index (χ4v) is 3.94. The number of aromatic amines is 1. The van der Waals surface area contributed by atoms with E-state index >= 15 is 0 Å². The fraction of sp³-hybridized carbons (Fsp3) is 0.286. The third-order valence-electron chi connectivity index (χ3n) is 5.42. The van der Waals surface area contributed by atoms with Gasteiger partial charge in [-0.2, -0.15) is 5.10 Å². The van der Waals surface area contributed by atoms with Gasteiger partial charge in [0.2, 0.25) is 5.95 Å². The van der Waals surface area contributed by atoms with E-state index in [0.717, 1.165) is 48.2 Å². The molecule has 0 bridgehead atoms. The van der Waals surface area contributed by atoms with Gasteiger partial charge in [-0.1, -0.05) is 12.1 Å². The predicted molar refractivity (Wildman–Crippen MR) is 109 cm³/mol. The Hall–Kier alpha value is -3.39. The number of nitrogens with one attached hydrogen (secondary N) is 2. The maximum Gasteiger partial charge on any atom is 0.261 e. The number of fused-ring (bicyclic) bond motifs is 2. The maximum absolute atomic E-state index is 12.8. The molecule has 1 amide bonds. The number of pyridine rings is 1. The zero-order valence-corrected chi connectivity index (χ0v) is 16.0. The smallest absolute Gasteiger partial charge is 0.261 e. The number of H-pyrrole nitrogens is 1. The molecule has 2 N–H and O–H groups in total. The molecule has 0 radical (unpaired) electrons. The Kier molecular flexibility index (Phi) is 4.40. The van der Waals surface area contributed by atoms with E-state index in [9.17, 15) is 4.79 Å². The van der Waals surface area contributed by atoms with Crippen molar-refractivity contribution in [3.05, 3.63) is 53.9 Å². The zero-order chi connectivity index (χ0) is 19.8. The minimum atomic E-state index is -0.267. The monoisotopic (exact) mass is 391 g/mol. The van der Waals surface area contributed by atoms with Crippen LogP contribution in [0.5, 0.6) is 5.75 Å². The Bertz CT molecular complexity index is 1190. The van der Waals surface area contributed by atoms with Gasteiger partial charge >= 0.3 is 0 Å². The summed E-state index contributed by atoms with van der Waals surface area (Å²) in [6.45, 7) is 1.50. The summed E-state index contributed by atoms with van der Waals surface area (Å²) in [6, 6.07) is 9.61. The molecule has 4 heterocycles. The molecule has 8 heteroatoms. The largest absolute Gasteiger partial charge is 0.494 e. The van der Waals surface area contributed by atoms with E-state index in [1.807, 2.05) is 24.3 Å². The van der Waals surface area contributed by atoms with Crippen molar-refractivity contribution in [2.45, 2.75) is 18.8 Å². The van der Waals surface area contributed by atoms with Gasteiger partial charge in [0.15, 0.2) is 0 Å². The Morgan fingerprint density at radius 3 is 2.97 bits per heavy atom. The van der Waals surface area contributed by atoms with Gasteiger partial charge in [-0.3, -0.25) is 10.1 Å². The van der Waals surface area contributed by atoms with Gasteiger partial charge in [0.25, 0.3) is 5.91 Å². The van der Waals surface area contributed by atoms with Gasteiger partial charge in [-0.15, -0.1) is 0 Å². The third kappa shape index (κ3) is 3.11. The quantitative estimate of drug-likeness (QED) is 0.556. The first-order chi connectivity index (χ1) is 14.2. The minimum Gasteiger partial charge on any atom is -0.494 e. The Labute approximate surface area is 166 Å². The van der Waals surface area contributed by atoms with Gasteiger partial charge in [0.1, 0.15) is 11.3 Å². The number of hydrogen-bond donors (Lipinski definition) is 2. The number of nitrogens with zero attached hydrogens (tertiary/aromatic N) is 3. The van der Waals surface area contributed by atoms with E-state index in [0.29, 0.717) is 23.2 Å². The SMILES string of the molecule is COc1ccc(C2CCOCC2)c2nc(NC(=O)c3cnn4ccccc34)[nH]c12. The highest BCUT2D eigenvalue weighted by Gasteiger charge is 2.22. The number of hydrogen-bond acceptors (Lipinski definition) is 5. The molecule has 0 unspecified atom stereocenters. The van der Waals surface area contributed by atoms with E-state index in [1.54, 1.807) is 24.0 Å². The number of amides is 1. The summed E-state index contributed by atoms with van der Waals surface area (Å²) in [5.74, 6) is 1.19. The molecule has 1 fully saturated rings. The molecule has 5 rings (SSSR count). The molecule has 1 aromatic carbocycles. The molecule has 0 saturated carbocycles. The normalized spacial score (nSPS) is 15.1. The lowest BCUT2D eigenvalue weighted by atomic mass is 9.90. The van der Waals surface area contributed by atoms with Crippen LogP contribution in [0.2, 0.25) is 0 Å². The molecule has 1 aliphatic rings. The molecule has 3 aromatic heterocycles. The van der Waals surface area contributed by atoms with E-state index in [2.05, 4.69) is 21.5 Å². The molecular formula is C21H21N5O3. The summed E-state index contributed by atoms with van der Waals surface area (Å²) in [7, 11) is 1.63. The summed E-state index contributed by atoms with van der Waals surface area (Å²) in [4.78, 5) is 20.7. The highest BCUT2D eigenvalue weighted by molar-refractivity contribution is 6.08. The number of rotatable bonds is 4. The van der Waals surface area contributed by atoms with Crippen LogP contribution in [0, 0.1) is 0 Å². The Morgan fingerprint density at radius 1 is 1.28 bits per heavy atom. The molecule has 29 heavy (non-hydrogen) atoms. The van der Waals surface area contributed by atoms with Crippen LogP contribution >= 0.6 is 0 Å². The summed E-state index contributed by atoms with van der Waals surface area (Å²) in [5, 5.41) is 7.09. The maximum atomic E-state index is 12.8. The second-order valence-corrected chi connectivity index (χ2v) is 7.10. The number of anilines is 1. The van der Waals surface area contributed by atoms with Gasteiger partial charge < -0.3 is 14.5 Å². The molecule has 0 aliphatic carbocycles. The van der Waals surface area contributed by atoms with Crippen LogP contribution in [0.4, 0.5) is 5.95 Å². The number of methoxy groups -OCH3 is 1. The molecule has 4 aromatic rings. The van der Waals surface area contributed by atoms with Crippen molar-refractivity contribution in [1.82, 2.24) is 19.6 Å². The van der Waals surface area contributed by atoms with Crippen molar-refractivity contribution in [3.63, 3.8) is 0 Å². The molecule has 0 atom stereocenters. The second-order valence-electron chi connectivity index (χ2n) is 7.10. The standard InChI is InChI=1S/C21H21N5O3/c1-28-17-6-5-14(13-7-10-29-11-8-13)18-19(17)24-21(23-18)25-20(27)15-12-22-26-9-3-2-4-16(15)26/h2-6,9,12-13H,7-8,10-11H2,1H3,(H2,23,24,25,27). The van der Waals surface area contributed by atoms with Crippen molar-refractivity contribution >= 4 is 28.4 Å².